The zero-order valence-corrected chi connectivity index (χ0v) is 22.6. The highest BCUT2D eigenvalue weighted by Gasteiger charge is 2.50. The third-order valence-corrected chi connectivity index (χ3v) is 8.21. The highest BCUT2D eigenvalue weighted by atomic mass is 35.5. The van der Waals surface area contributed by atoms with Crippen LogP contribution < -0.4 is 14.2 Å². The third kappa shape index (κ3) is 5.69. The van der Waals surface area contributed by atoms with E-state index in [0.29, 0.717) is 0 Å². The van der Waals surface area contributed by atoms with E-state index in [1.165, 1.54) is 45.2 Å². The van der Waals surface area contributed by atoms with Crippen molar-refractivity contribution in [2.75, 3.05) is 26.1 Å². The van der Waals surface area contributed by atoms with Crippen LogP contribution >= 0.6 is 11.6 Å². The minimum Gasteiger partial charge on any atom is -0.479 e. The fourth-order valence-electron chi connectivity index (χ4n) is 4.14. The van der Waals surface area contributed by atoms with Crippen molar-refractivity contribution in [2.24, 2.45) is 5.92 Å². The molecule has 0 aromatic carbocycles. The molecule has 0 unspecified atom stereocenters. The number of hydrogen-bond donors (Lipinski definition) is 1. The number of anilines is 1. The van der Waals surface area contributed by atoms with E-state index in [4.69, 9.17) is 25.8 Å². The second-order valence-corrected chi connectivity index (χ2v) is 11.1. The number of methoxy groups -OCH3 is 3. The number of sulfonamides is 1. The van der Waals surface area contributed by atoms with E-state index in [-0.39, 0.29) is 52.9 Å². The molecule has 13 nitrogen and oxygen atoms in total. The van der Waals surface area contributed by atoms with Crippen LogP contribution in [0.5, 0.6) is 11.8 Å². The number of aromatic nitrogens is 7. The van der Waals surface area contributed by atoms with E-state index in [9.17, 15) is 21.6 Å². The van der Waals surface area contributed by atoms with Crippen LogP contribution in [0.4, 0.5) is 19.1 Å². The summed E-state index contributed by atoms with van der Waals surface area (Å²) in [7, 11) is -0.400. The molecule has 3 aromatic rings. The van der Waals surface area contributed by atoms with Crippen LogP contribution in [0, 0.1) is 5.92 Å². The van der Waals surface area contributed by atoms with Gasteiger partial charge in [0.15, 0.2) is 11.5 Å². The Labute approximate surface area is 226 Å². The maximum absolute atomic E-state index is 13.5. The Hall–Kier alpha value is -3.31. The summed E-state index contributed by atoms with van der Waals surface area (Å²) in [6, 6.07) is 0. The molecular formula is C21H24ClF3N8O5S. The predicted molar refractivity (Wildman–Crippen MR) is 130 cm³/mol. The number of hydrogen-bond acceptors (Lipinski definition) is 11. The minimum atomic E-state index is -4.37. The fraction of sp³-hybridized carbons (Fsp3) is 0.524. The first-order chi connectivity index (χ1) is 18.4. The Balaban J connectivity index is 1.76. The molecule has 0 saturated heterocycles. The molecule has 1 aliphatic carbocycles. The van der Waals surface area contributed by atoms with Gasteiger partial charge in [-0.15, -0.1) is 10.2 Å². The maximum Gasteiger partial charge on any atom is 0.391 e. The molecule has 1 saturated carbocycles. The SMILES string of the molecule is COc1ncnc(OC)c1-n1c(NS(=O)(=O)[C@@H](C)[C@H](OC)c2ncc(Cl)cn2)nnc1[C@H]1C[C@H](C(F)(F)F)C1. The average molecular weight is 593 g/mol. The van der Waals surface area contributed by atoms with Crippen LogP contribution in [-0.2, 0) is 14.8 Å². The summed E-state index contributed by atoms with van der Waals surface area (Å²) >= 11 is 5.83. The van der Waals surface area contributed by atoms with Gasteiger partial charge in [0, 0.05) is 25.4 Å². The van der Waals surface area contributed by atoms with Crippen LogP contribution in [0.3, 0.4) is 0 Å². The number of ether oxygens (including phenoxy) is 3. The van der Waals surface area contributed by atoms with Crippen molar-refractivity contribution in [3.8, 4) is 17.4 Å². The molecule has 1 aliphatic rings. The summed E-state index contributed by atoms with van der Waals surface area (Å²) in [6.07, 6.45) is -2.26. The second-order valence-electron chi connectivity index (χ2n) is 8.63. The minimum absolute atomic E-state index is 0.00707. The molecule has 1 N–H and O–H groups in total. The van der Waals surface area contributed by atoms with Gasteiger partial charge in [-0.1, -0.05) is 11.6 Å². The standard InChI is InChI=1S/C21H24ClF3N8O5S/c1-10(15(36-2)16-26-7-13(22)8-27-16)39(34,35)32-20-31-30-17(11-5-12(6-11)21(23,24)25)33(20)14-18(37-3)28-9-29-19(14)38-4/h7-12,15H,5-6H2,1-4H3,(H,31,32)/t10-,11-,12-,15-/m0/s1. The van der Waals surface area contributed by atoms with E-state index in [1.807, 2.05) is 0 Å². The fourth-order valence-corrected chi connectivity index (χ4v) is 5.37. The number of nitrogens with one attached hydrogen (secondary N) is 1. The lowest BCUT2D eigenvalue weighted by Crippen LogP contribution is -2.36. The number of nitrogens with zero attached hydrogens (tertiary/aromatic N) is 7. The topological polar surface area (TPSA) is 156 Å². The Morgan fingerprint density at radius 1 is 1.05 bits per heavy atom. The zero-order valence-electron chi connectivity index (χ0n) is 21.0. The van der Waals surface area contributed by atoms with Crippen molar-refractivity contribution in [3.05, 3.63) is 35.4 Å². The molecule has 18 heteroatoms. The van der Waals surface area contributed by atoms with E-state index in [1.54, 1.807) is 0 Å². The smallest absolute Gasteiger partial charge is 0.391 e. The molecule has 212 valence electrons. The van der Waals surface area contributed by atoms with Crippen molar-refractivity contribution < 1.29 is 35.8 Å². The molecular weight excluding hydrogens is 569 g/mol. The predicted octanol–water partition coefficient (Wildman–Crippen LogP) is 3.09. The molecule has 0 bridgehead atoms. The van der Waals surface area contributed by atoms with Crippen molar-refractivity contribution in [1.29, 1.82) is 0 Å². The monoisotopic (exact) mass is 592 g/mol. The summed E-state index contributed by atoms with van der Waals surface area (Å²) in [5.74, 6) is -2.54. The van der Waals surface area contributed by atoms with Gasteiger partial charge < -0.3 is 14.2 Å². The lowest BCUT2D eigenvalue weighted by Gasteiger charge is -2.36. The molecule has 0 radical (unpaired) electrons. The Bertz CT molecular complexity index is 1400. The van der Waals surface area contributed by atoms with Gasteiger partial charge >= 0.3 is 6.18 Å². The highest BCUT2D eigenvalue weighted by molar-refractivity contribution is 7.93. The van der Waals surface area contributed by atoms with E-state index in [2.05, 4.69) is 34.9 Å². The summed E-state index contributed by atoms with van der Waals surface area (Å²) < 4.78 is 86.2. The first-order valence-corrected chi connectivity index (χ1v) is 13.3. The largest absolute Gasteiger partial charge is 0.479 e. The van der Waals surface area contributed by atoms with Crippen LogP contribution in [-0.4, -0.2) is 75.9 Å². The Morgan fingerprint density at radius 3 is 2.15 bits per heavy atom. The quantitative estimate of drug-likeness (QED) is 0.369. The molecule has 3 heterocycles. The first-order valence-electron chi connectivity index (χ1n) is 11.4. The Morgan fingerprint density at radius 2 is 1.64 bits per heavy atom. The Kier molecular flexibility index (Phi) is 8.13. The molecule has 39 heavy (non-hydrogen) atoms. The second kappa shape index (κ2) is 11.1. The molecule has 3 aromatic heterocycles. The molecule has 1 fully saturated rings. The molecule has 0 amide bonds. The number of rotatable bonds is 10. The van der Waals surface area contributed by atoms with Gasteiger partial charge in [-0.05, 0) is 19.8 Å². The normalized spacial score (nSPS) is 19.2. The molecule has 0 spiro atoms. The summed E-state index contributed by atoms with van der Waals surface area (Å²) in [6.45, 7) is 1.36. The third-order valence-electron chi connectivity index (χ3n) is 6.32. The molecule has 0 aliphatic heterocycles. The van der Waals surface area contributed by atoms with Crippen molar-refractivity contribution in [2.45, 2.75) is 43.2 Å². The van der Waals surface area contributed by atoms with Gasteiger partial charge in [0.05, 0.1) is 25.2 Å². The van der Waals surface area contributed by atoms with Gasteiger partial charge in [0.1, 0.15) is 23.5 Å². The van der Waals surface area contributed by atoms with E-state index >= 15 is 0 Å². The summed E-state index contributed by atoms with van der Waals surface area (Å²) in [5, 5.41) is 6.97. The van der Waals surface area contributed by atoms with Gasteiger partial charge in [-0.25, -0.2) is 18.4 Å². The van der Waals surface area contributed by atoms with Gasteiger partial charge in [-0.2, -0.15) is 23.1 Å². The van der Waals surface area contributed by atoms with Crippen molar-refractivity contribution in [1.82, 2.24) is 34.7 Å². The van der Waals surface area contributed by atoms with Crippen LogP contribution in [0.15, 0.2) is 18.7 Å². The van der Waals surface area contributed by atoms with Gasteiger partial charge in [-0.3, -0.25) is 9.29 Å². The van der Waals surface area contributed by atoms with Crippen molar-refractivity contribution >= 4 is 27.6 Å². The van der Waals surface area contributed by atoms with Gasteiger partial charge in [0.2, 0.25) is 27.7 Å². The number of halogens is 4. The summed E-state index contributed by atoms with van der Waals surface area (Å²) in [5.41, 5.74) is 0.00707. The molecule has 4 rings (SSSR count). The van der Waals surface area contributed by atoms with E-state index in [0.717, 1.165) is 6.33 Å². The first kappa shape index (κ1) is 28.7. The van der Waals surface area contributed by atoms with Gasteiger partial charge in [0.25, 0.3) is 0 Å². The maximum atomic E-state index is 13.5. The van der Waals surface area contributed by atoms with Crippen LogP contribution in [0.1, 0.15) is 43.4 Å². The van der Waals surface area contributed by atoms with Crippen molar-refractivity contribution in [3.63, 3.8) is 0 Å². The van der Waals surface area contributed by atoms with Crippen LogP contribution in [0.2, 0.25) is 5.02 Å². The lowest BCUT2D eigenvalue weighted by molar-refractivity contribution is -0.198. The average Bonchev–Trinajstić information content (AvgIpc) is 3.24. The lowest BCUT2D eigenvalue weighted by atomic mass is 9.74. The highest BCUT2D eigenvalue weighted by Crippen LogP contribution is 2.50. The molecule has 2 atom stereocenters. The zero-order chi connectivity index (χ0) is 28.5. The summed E-state index contributed by atoms with van der Waals surface area (Å²) in [4.78, 5) is 16.1. The number of alkyl halides is 3. The van der Waals surface area contributed by atoms with Crippen LogP contribution in [0.25, 0.3) is 5.69 Å². The van der Waals surface area contributed by atoms with E-state index < -0.39 is 39.4 Å².